The molecule has 15 heavy (non-hydrogen) atoms. The van der Waals surface area contributed by atoms with Crippen LogP contribution in [-0.2, 0) is 28.6 Å². The average Bonchev–Trinajstić information content (AvgIpc) is 2.19. The molecule has 0 rings (SSSR count). The molecular weight excluding hydrogens is 287 g/mol. The van der Waals surface area contributed by atoms with E-state index in [1.54, 1.807) is 27.7 Å². The molecule has 0 amide bonds. The van der Waals surface area contributed by atoms with Crippen LogP contribution in [0.2, 0.25) is 0 Å². The van der Waals surface area contributed by atoms with Crippen LogP contribution in [0.5, 0.6) is 0 Å². The van der Waals surface area contributed by atoms with Gasteiger partial charge in [-0.1, -0.05) is 27.7 Å². The molecule has 0 radical (unpaired) electrons. The standard InChI is InChI=1S/2C4H11O2P.Zn/c2*1-3-7(5,6)4-2;/h2*3-4H2,1-2H3,(H,5,6);. The fourth-order valence-corrected chi connectivity index (χ4v) is 1.34. The molecule has 0 aliphatic rings. The fourth-order valence-electron chi connectivity index (χ4n) is 0.447. The van der Waals surface area contributed by atoms with Gasteiger partial charge in [0.05, 0.1) is 0 Å². The Balaban J connectivity index is -0.000000180. The molecule has 0 saturated carbocycles. The summed E-state index contributed by atoms with van der Waals surface area (Å²) in [7, 11) is -5.31. The third-order valence-electron chi connectivity index (χ3n) is 1.98. The first-order valence-corrected chi connectivity index (χ1v) is 8.92. The van der Waals surface area contributed by atoms with Crippen LogP contribution in [0.25, 0.3) is 0 Å². The van der Waals surface area contributed by atoms with Gasteiger partial charge in [0.1, 0.15) is 0 Å². The maximum absolute atomic E-state index is 10.5. The molecule has 0 unspecified atom stereocenters. The first-order valence-electron chi connectivity index (χ1n) is 4.86. The van der Waals surface area contributed by atoms with Gasteiger partial charge >= 0.3 is 0 Å². The van der Waals surface area contributed by atoms with E-state index in [4.69, 9.17) is 9.79 Å². The Morgan fingerprint density at radius 1 is 0.733 bits per heavy atom. The van der Waals surface area contributed by atoms with Gasteiger partial charge in [-0.15, -0.1) is 0 Å². The van der Waals surface area contributed by atoms with E-state index in [1.165, 1.54) is 0 Å². The van der Waals surface area contributed by atoms with Crippen LogP contribution in [-0.4, -0.2) is 34.4 Å². The van der Waals surface area contributed by atoms with Crippen molar-refractivity contribution in [3.63, 3.8) is 0 Å². The first kappa shape index (κ1) is 21.3. The predicted octanol–water partition coefficient (Wildman–Crippen LogP) is 2.59. The minimum absolute atomic E-state index is 0. The van der Waals surface area contributed by atoms with E-state index in [-0.39, 0.29) is 19.5 Å². The van der Waals surface area contributed by atoms with Crippen molar-refractivity contribution >= 4 is 14.7 Å². The van der Waals surface area contributed by atoms with E-state index >= 15 is 0 Å². The van der Waals surface area contributed by atoms with Crippen molar-refractivity contribution in [1.82, 2.24) is 0 Å². The smallest absolute Gasteiger partial charge is 0.200 e. The van der Waals surface area contributed by atoms with Gasteiger partial charge in [0.2, 0.25) is 0 Å². The van der Waals surface area contributed by atoms with Crippen LogP contribution < -0.4 is 0 Å². The van der Waals surface area contributed by atoms with Crippen molar-refractivity contribution in [2.24, 2.45) is 0 Å². The van der Waals surface area contributed by atoms with Crippen molar-refractivity contribution in [1.29, 1.82) is 0 Å². The first-order chi connectivity index (χ1) is 6.24. The van der Waals surface area contributed by atoms with Gasteiger partial charge in [0.25, 0.3) is 0 Å². The molecule has 90 valence electrons. The maximum atomic E-state index is 10.5. The number of rotatable bonds is 4. The summed E-state index contributed by atoms with van der Waals surface area (Å²) in [6.45, 7) is 6.91. The van der Waals surface area contributed by atoms with Crippen molar-refractivity contribution in [2.45, 2.75) is 27.7 Å². The summed E-state index contributed by atoms with van der Waals surface area (Å²) in [5.74, 6) is 0. The summed E-state index contributed by atoms with van der Waals surface area (Å²) < 4.78 is 21.0. The summed E-state index contributed by atoms with van der Waals surface area (Å²) in [6, 6.07) is 0. The van der Waals surface area contributed by atoms with Gasteiger partial charge in [0, 0.05) is 44.1 Å². The van der Waals surface area contributed by atoms with Gasteiger partial charge in [-0.05, 0) is 0 Å². The molecule has 0 fully saturated rings. The van der Waals surface area contributed by atoms with Crippen LogP contribution in [0.15, 0.2) is 0 Å². The molecule has 7 heteroatoms. The Hall–Kier alpha value is 1.00. The quantitative estimate of drug-likeness (QED) is 0.618. The molecule has 0 aliphatic carbocycles. The Bertz CT molecular complexity index is 193. The predicted molar refractivity (Wildman–Crippen MR) is 61.8 cm³/mol. The molecule has 0 aliphatic heterocycles. The second-order valence-corrected chi connectivity index (χ2v) is 8.87. The Morgan fingerprint density at radius 3 is 0.867 bits per heavy atom. The SMILES string of the molecule is CCP(=O)(O)CC.CCP(=O)(O)CC.[Zn]. The van der Waals surface area contributed by atoms with Crippen molar-refractivity contribution in [3.05, 3.63) is 0 Å². The Labute approximate surface area is 106 Å². The van der Waals surface area contributed by atoms with E-state index in [0.717, 1.165) is 0 Å². The number of hydrogen-bond acceptors (Lipinski definition) is 2. The minimum atomic E-state index is -2.65. The molecule has 2 N–H and O–H groups in total. The molecule has 0 atom stereocenters. The van der Waals surface area contributed by atoms with E-state index in [1.807, 2.05) is 0 Å². The molecule has 0 heterocycles. The topological polar surface area (TPSA) is 74.6 Å². The van der Waals surface area contributed by atoms with Gasteiger partial charge in [-0.2, -0.15) is 0 Å². The summed E-state index contributed by atoms with van der Waals surface area (Å²) in [4.78, 5) is 17.4. The fraction of sp³-hybridized carbons (Fsp3) is 1.00. The van der Waals surface area contributed by atoms with Gasteiger partial charge in [0.15, 0.2) is 14.7 Å². The maximum Gasteiger partial charge on any atom is 0.200 e. The molecule has 0 spiro atoms. The Morgan fingerprint density at radius 2 is 0.867 bits per heavy atom. The average molecular weight is 310 g/mol. The zero-order valence-electron chi connectivity index (χ0n) is 10.1. The summed E-state index contributed by atoms with van der Waals surface area (Å²) in [6.07, 6.45) is 1.62. The largest absolute Gasteiger partial charge is 0.344 e. The second kappa shape index (κ2) is 10.2. The monoisotopic (exact) mass is 308 g/mol. The van der Waals surface area contributed by atoms with E-state index < -0.39 is 14.7 Å². The molecule has 4 nitrogen and oxygen atoms in total. The van der Waals surface area contributed by atoms with Crippen molar-refractivity contribution in [2.75, 3.05) is 24.6 Å². The second-order valence-electron chi connectivity index (χ2n) is 2.96. The van der Waals surface area contributed by atoms with Crippen LogP contribution in [0.1, 0.15) is 27.7 Å². The normalized spacial score (nSPS) is 11.1. The minimum Gasteiger partial charge on any atom is -0.344 e. The van der Waals surface area contributed by atoms with Crippen LogP contribution in [0.3, 0.4) is 0 Å². The molecule has 0 aromatic heterocycles. The van der Waals surface area contributed by atoms with Gasteiger partial charge in [-0.25, -0.2) is 0 Å². The van der Waals surface area contributed by atoms with Crippen LogP contribution in [0.4, 0.5) is 0 Å². The van der Waals surface area contributed by atoms with Gasteiger partial charge < -0.3 is 9.79 Å². The zero-order valence-corrected chi connectivity index (χ0v) is 14.9. The molecule has 0 bridgehead atoms. The summed E-state index contributed by atoms with van der Waals surface area (Å²) >= 11 is 0. The van der Waals surface area contributed by atoms with E-state index in [2.05, 4.69) is 0 Å². The zero-order chi connectivity index (χ0) is 11.8. The summed E-state index contributed by atoms with van der Waals surface area (Å²) in [5.41, 5.74) is 0. The van der Waals surface area contributed by atoms with Crippen molar-refractivity contribution < 1.29 is 38.4 Å². The Kier molecular flexibility index (Phi) is 14.5. The van der Waals surface area contributed by atoms with Crippen LogP contribution >= 0.6 is 14.7 Å². The third kappa shape index (κ3) is 15.0. The van der Waals surface area contributed by atoms with E-state index in [9.17, 15) is 9.13 Å². The van der Waals surface area contributed by atoms with E-state index in [0.29, 0.717) is 24.6 Å². The molecule has 0 aromatic rings. The summed E-state index contributed by atoms with van der Waals surface area (Å²) in [5, 5.41) is 0. The van der Waals surface area contributed by atoms with Crippen LogP contribution in [0, 0.1) is 0 Å². The third-order valence-corrected chi connectivity index (χ3v) is 5.93. The molecule has 0 saturated heterocycles. The molecular formula is C8H22O4P2Zn. The van der Waals surface area contributed by atoms with Gasteiger partial charge in [-0.3, -0.25) is 9.13 Å². The molecule has 0 aromatic carbocycles. The number of hydrogen-bond donors (Lipinski definition) is 2. The van der Waals surface area contributed by atoms with Crippen molar-refractivity contribution in [3.8, 4) is 0 Å².